The molecule has 0 saturated carbocycles. The lowest BCUT2D eigenvalue weighted by Gasteiger charge is -2.52. The normalized spacial score (nSPS) is 24.6. The van der Waals surface area contributed by atoms with Crippen LogP contribution < -0.4 is 0 Å². The molecule has 0 spiro atoms. The van der Waals surface area contributed by atoms with E-state index < -0.39 is 31.4 Å². The molecule has 3 heterocycles. The smallest absolute Gasteiger partial charge is 0.383 e. The molecule has 10 heteroatoms. The van der Waals surface area contributed by atoms with Gasteiger partial charge in [0, 0.05) is 51.3 Å². The highest BCUT2D eigenvalue weighted by atomic mass is 19.4. The van der Waals surface area contributed by atoms with Crippen LogP contribution in [0.1, 0.15) is 71.1 Å². The Morgan fingerprint density at radius 2 is 1.79 bits per heavy atom. The van der Waals surface area contributed by atoms with Crippen LogP contribution in [0.2, 0.25) is 0 Å². The maximum atomic E-state index is 13.3. The number of aryl methyl sites for hydroxylation is 2. The number of carbonyl (C=O) groups excluding carboxylic acids is 1. The number of aromatic nitrogens is 2. The predicted molar refractivity (Wildman–Crippen MR) is 139 cm³/mol. The number of methoxy groups -OCH3 is 1. The Hall–Kier alpha value is -2.56. The predicted octanol–water partition coefficient (Wildman–Crippen LogP) is 4.50. The number of likely N-dealkylation sites (tertiary alicyclic amines) is 1. The zero-order chi connectivity index (χ0) is 31.1. The number of piperazine rings is 1. The highest BCUT2D eigenvalue weighted by Crippen LogP contribution is 2.35. The molecule has 2 aliphatic rings. The summed E-state index contributed by atoms with van der Waals surface area (Å²) in [6.07, 6.45) is -1.60. The van der Waals surface area contributed by atoms with Crippen molar-refractivity contribution in [2.75, 3.05) is 46.4 Å². The van der Waals surface area contributed by atoms with Gasteiger partial charge in [0.05, 0.1) is 40.6 Å². The number of alkyl halides is 3. The van der Waals surface area contributed by atoms with Gasteiger partial charge in [-0.3, -0.25) is 14.6 Å². The number of rotatable bonds is 6. The quantitative estimate of drug-likeness (QED) is 0.541. The Morgan fingerprint density at radius 3 is 2.34 bits per heavy atom. The van der Waals surface area contributed by atoms with E-state index in [4.69, 9.17) is 8.85 Å². The van der Waals surface area contributed by atoms with Crippen molar-refractivity contribution in [1.29, 1.82) is 0 Å². The second-order valence-corrected chi connectivity index (χ2v) is 10.5. The summed E-state index contributed by atoms with van der Waals surface area (Å²) in [6, 6.07) is 2.33. The van der Waals surface area contributed by atoms with Crippen molar-refractivity contribution in [1.82, 2.24) is 24.7 Å². The molecular weight excluding hydrogens is 495 g/mol. The SMILES string of the molecule is [2H]C([2H])([2H])OC[C@]([2H])(c1ccc(C(F)(F)F)cc1)N1CCN(C2(C)CCN(C(=O)c3c(C)ncnc3C)CC2)C[C@@H]1C. The molecule has 38 heavy (non-hydrogen) atoms. The van der Waals surface area contributed by atoms with Crippen LogP contribution in [0, 0.1) is 13.8 Å². The maximum Gasteiger partial charge on any atom is 0.416 e. The first-order chi connectivity index (χ1) is 19.4. The molecule has 0 bridgehead atoms. The van der Waals surface area contributed by atoms with Crippen molar-refractivity contribution in [3.63, 3.8) is 0 Å². The van der Waals surface area contributed by atoms with E-state index in [0.29, 0.717) is 49.7 Å². The Labute approximate surface area is 228 Å². The first kappa shape index (κ1) is 23.3. The number of halogens is 3. The Kier molecular flexibility index (Phi) is 6.93. The molecule has 1 aromatic carbocycles. The molecule has 0 unspecified atom stereocenters. The molecule has 0 N–H and O–H groups in total. The molecule has 0 aliphatic carbocycles. The van der Waals surface area contributed by atoms with Crippen LogP contribution in [0.5, 0.6) is 0 Å². The summed E-state index contributed by atoms with van der Waals surface area (Å²) >= 11 is 0. The summed E-state index contributed by atoms with van der Waals surface area (Å²) in [4.78, 5) is 27.6. The first-order valence-electron chi connectivity index (χ1n) is 14.9. The minimum absolute atomic E-state index is 0.0735. The van der Waals surface area contributed by atoms with Crippen LogP contribution in [0.3, 0.4) is 0 Å². The van der Waals surface area contributed by atoms with E-state index in [0.717, 1.165) is 25.0 Å². The zero-order valence-electron chi connectivity index (χ0n) is 26.3. The van der Waals surface area contributed by atoms with Crippen molar-refractivity contribution in [2.24, 2.45) is 0 Å². The minimum Gasteiger partial charge on any atom is -0.383 e. The third-order valence-corrected chi connectivity index (χ3v) is 8.06. The van der Waals surface area contributed by atoms with Crippen molar-refractivity contribution < 1.29 is 28.2 Å². The number of piperidine rings is 1. The fraction of sp³-hybridized carbons (Fsp3) is 0.607. The third-order valence-electron chi connectivity index (χ3n) is 8.06. The van der Waals surface area contributed by atoms with Crippen LogP contribution >= 0.6 is 0 Å². The molecule has 208 valence electrons. The van der Waals surface area contributed by atoms with E-state index in [1.165, 1.54) is 18.5 Å². The van der Waals surface area contributed by atoms with Gasteiger partial charge in [0.25, 0.3) is 5.91 Å². The molecule has 7 nitrogen and oxygen atoms in total. The van der Waals surface area contributed by atoms with Crippen LogP contribution in [0.25, 0.3) is 0 Å². The van der Waals surface area contributed by atoms with Gasteiger partial charge in [0.2, 0.25) is 0 Å². The fourth-order valence-corrected chi connectivity index (χ4v) is 5.67. The maximum absolute atomic E-state index is 13.3. The van der Waals surface area contributed by atoms with Crippen LogP contribution in [-0.4, -0.2) is 88.5 Å². The molecule has 2 aliphatic heterocycles. The van der Waals surface area contributed by atoms with Crippen LogP contribution in [0.15, 0.2) is 30.6 Å². The summed E-state index contributed by atoms with van der Waals surface area (Å²) < 4.78 is 76.5. The van der Waals surface area contributed by atoms with Gasteiger partial charge < -0.3 is 9.64 Å². The van der Waals surface area contributed by atoms with Crippen molar-refractivity contribution >= 4 is 5.91 Å². The second-order valence-electron chi connectivity index (χ2n) is 10.5. The highest BCUT2D eigenvalue weighted by molar-refractivity contribution is 5.96. The molecule has 2 saturated heterocycles. The molecule has 4 rings (SSSR count). The Bertz CT molecular complexity index is 1250. The summed E-state index contributed by atoms with van der Waals surface area (Å²) in [5.74, 6) is -0.0735. The number of amides is 1. The van der Waals surface area contributed by atoms with Gasteiger partial charge >= 0.3 is 6.18 Å². The lowest BCUT2D eigenvalue weighted by Crippen LogP contribution is -2.62. The summed E-state index contributed by atoms with van der Waals surface area (Å²) in [5.41, 5.74) is 1.03. The summed E-state index contributed by atoms with van der Waals surface area (Å²) in [7, 11) is -2.76. The van der Waals surface area contributed by atoms with Gasteiger partial charge in [-0.2, -0.15) is 13.2 Å². The standard InChI is InChI=1S/C28H38F3N5O2/c1-19-16-35(14-15-36(19)24(17-38-5)22-6-8-23(9-7-22)28(29,30)31)27(4)10-12-34(13-11-27)26(37)25-20(2)32-18-33-21(25)3/h6-9,18-19,24H,10-17H2,1-5H3/t19-,24+/m0/s1/i5D3,24D. The topological polar surface area (TPSA) is 61.8 Å². The minimum atomic E-state index is -4.53. The van der Waals surface area contributed by atoms with Gasteiger partial charge in [-0.15, -0.1) is 0 Å². The van der Waals surface area contributed by atoms with E-state index in [1.807, 2.05) is 11.8 Å². The van der Waals surface area contributed by atoms with Crippen LogP contribution in [-0.2, 0) is 10.9 Å². The Balaban J connectivity index is 1.48. The summed E-state index contributed by atoms with van der Waals surface area (Å²) in [6.45, 7) is 9.81. The largest absolute Gasteiger partial charge is 0.416 e. The van der Waals surface area contributed by atoms with E-state index in [-0.39, 0.29) is 23.1 Å². The van der Waals surface area contributed by atoms with Crippen LogP contribution in [0.4, 0.5) is 13.2 Å². The molecule has 2 atom stereocenters. The molecule has 2 fully saturated rings. The number of hydrogen-bond acceptors (Lipinski definition) is 6. The molecule has 1 aromatic heterocycles. The van der Waals surface area contributed by atoms with Gasteiger partial charge in [-0.25, -0.2) is 9.97 Å². The number of hydrogen-bond donors (Lipinski definition) is 0. The molecule has 1 amide bonds. The monoisotopic (exact) mass is 537 g/mol. The number of nitrogens with zero attached hydrogens (tertiary/aromatic N) is 5. The van der Waals surface area contributed by atoms with Crippen molar-refractivity contribution in [3.8, 4) is 0 Å². The molecule has 2 aromatic rings. The van der Waals surface area contributed by atoms with Gasteiger partial charge in [0.1, 0.15) is 6.33 Å². The van der Waals surface area contributed by atoms with E-state index in [1.54, 1.807) is 18.7 Å². The third kappa shape index (κ3) is 5.87. The van der Waals surface area contributed by atoms with E-state index >= 15 is 0 Å². The average molecular weight is 538 g/mol. The highest BCUT2D eigenvalue weighted by Gasteiger charge is 2.41. The van der Waals surface area contributed by atoms with Crippen molar-refractivity contribution in [3.05, 3.63) is 58.7 Å². The van der Waals surface area contributed by atoms with E-state index in [9.17, 15) is 19.3 Å². The summed E-state index contributed by atoms with van der Waals surface area (Å²) in [5, 5.41) is 0. The van der Waals surface area contributed by atoms with Gasteiger partial charge in [0.15, 0.2) is 0 Å². The van der Waals surface area contributed by atoms with Gasteiger partial charge in [-0.1, -0.05) is 12.1 Å². The number of carbonyl (C=O) groups is 1. The fourth-order valence-electron chi connectivity index (χ4n) is 5.67. The number of ether oxygens (including phenoxy) is 1. The van der Waals surface area contributed by atoms with E-state index in [2.05, 4.69) is 21.8 Å². The molecular formula is C28H38F3N5O2. The molecule has 0 radical (unpaired) electrons. The average Bonchev–Trinajstić information content (AvgIpc) is 2.91. The lowest BCUT2D eigenvalue weighted by atomic mass is 9.86. The van der Waals surface area contributed by atoms with Gasteiger partial charge in [-0.05, 0) is 58.2 Å². The first-order valence-corrected chi connectivity index (χ1v) is 12.9. The number of benzene rings is 1. The second kappa shape index (κ2) is 11.3. The van der Waals surface area contributed by atoms with Crippen molar-refractivity contribution in [2.45, 2.75) is 64.3 Å². The Morgan fingerprint density at radius 1 is 1.16 bits per heavy atom. The zero-order valence-corrected chi connectivity index (χ0v) is 22.3. The lowest BCUT2D eigenvalue weighted by molar-refractivity contribution is -0.137.